The first-order valence-electron chi connectivity index (χ1n) is 5.46. The predicted molar refractivity (Wildman–Crippen MR) is 64.5 cm³/mol. The minimum Gasteiger partial charge on any atom is -0.464 e. The topological polar surface area (TPSA) is 111 Å². The summed E-state index contributed by atoms with van der Waals surface area (Å²) in [6.07, 6.45) is 0. The second-order valence-corrected chi connectivity index (χ2v) is 3.82. The number of pyridine rings is 1. The summed E-state index contributed by atoms with van der Waals surface area (Å²) in [7, 11) is 0. The maximum atomic E-state index is 11.7. The largest absolute Gasteiger partial charge is 0.464 e. The average Bonchev–Trinajstić information content (AvgIpc) is 2.36. The van der Waals surface area contributed by atoms with Gasteiger partial charge in [-0.25, -0.2) is 0 Å². The lowest BCUT2D eigenvalue weighted by molar-refractivity contribution is -0.389. The third-order valence-corrected chi connectivity index (χ3v) is 2.07. The Morgan fingerprint density at radius 1 is 1.53 bits per heavy atom. The van der Waals surface area contributed by atoms with Crippen LogP contribution in [0.5, 0.6) is 0 Å². The summed E-state index contributed by atoms with van der Waals surface area (Å²) in [5.41, 5.74) is -0.0659. The van der Waals surface area contributed by atoms with Crippen LogP contribution in [0.25, 0.3) is 0 Å². The molecule has 19 heavy (non-hydrogen) atoms. The molecule has 0 fully saturated rings. The lowest BCUT2D eigenvalue weighted by Gasteiger charge is -2.11. The molecule has 1 amide bonds. The number of nitrogens with one attached hydrogen (secondary N) is 1. The Morgan fingerprint density at radius 2 is 2.21 bits per heavy atom. The Morgan fingerprint density at radius 3 is 2.79 bits per heavy atom. The fraction of sp³-hybridized carbons (Fsp3) is 0.364. The standard InChI is InChI=1S/C11H13N3O5/c1-7(6-19-8(2)15)12-11(16)9-4-3-5-10(13-9)14(17)18/h3-5,7H,6H2,1-2H3,(H,12,16)/t7-/m0/s1. The molecular formula is C11H13N3O5. The van der Waals surface area contributed by atoms with E-state index in [0.29, 0.717) is 0 Å². The summed E-state index contributed by atoms with van der Waals surface area (Å²) in [6.45, 7) is 2.92. The van der Waals surface area contributed by atoms with Gasteiger partial charge in [0, 0.05) is 13.0 Å². The maximum absolute atomic E-state index is 11.7. The molecule has 1 aromatic rings. The van der Waals surface area contributed by atoms with Crippen molar-refractivity contribution in [3.8, 4) is 0 Å². The summed E-state index contributed by atoms with van der Waals surface area (Å²) in [4.78, 5) is 35.8. The summed E-state index contributed by atoms with van der Waals surface area (Å²) >= 11 is 0. The minimum absolute atomic E-state index is 0.0238. The fourth-order valence-corrected chi connectivity index (χ4v) is 1.23. The average molecular weight is 267 g/mol. The fourth-order valence-electron chi connectivity index (χ4n) is 1.23. The lowest BCUT2D eigenvalue weighted by Crippen LogP contribution is -2.36. The number of amides is 1. The Labute approximate surface area is 108 Å². The smallest absolute Gasteiger partial charge is 0.364 e. The third-order valence-electron chi connectivity index (χ3n) is 2.07. The molecule has 1 heterocycles. The molecule has 0 unspecified atom stereocenters. The molecule has 1 aromatic heterocycles. The van der Waals surface area contributed by atoms with Gasteiger partial charge in [-0.3, -0.25) is 9.59 Å². The molecule has 0 saturated carbocycles. The maximum Gasteiger partial charge on any atom is 0.364 e. The normalized spacial score (nSPS) is 11.5. The van der Waals surface area contributed by atoms with Crippen LogP contribution in [0.4, 0.5) is 5.82 Å². The molecular weight excluding hydrogens is 254 g/mol. The van der Waals surface area contributed by atoms with Crippen molar-refractivity contribution < 1.29 is 19.2 Å². The molecule has 8 nitrogen and oxygen atoms in total. The highest BCUT2D eigenvalue weighted by atomic mass is 16.6. The highest BCUT2D eigenvalue weighted by Crippen LogP contribution is 2.07. The number of hydrogen-bond acceptors (Lipinski definition) is 6. The van der Waals surface area contributed by atoms with Crippen molar-refractivity contribution in [1.82, 2.24) is 10.3 Å². The van der Waals surface area contributed by atoms with Crippen LogP contribution < -0.4 is 5.32 Å². The van der Waals surface area contributed by atoms with E-state index in [1.807, 2.05) is 0 Å². The van der Waals surface area contributed by atoms with Crippen molar-refractivity contribution >= 4 is 17.7 Å². The summed E-state index contributed by atoms with van der Waals surface area (Å²) in [6, 6.07) is 3.51. The second kappa shape index (κ2) is 6.43. The van der Waals surface area contributed by atoms with E-state index < -0.39 is 28.7 Å². The van der Waals surface area contributed by atoms with Gasteiger partial charge in [0.25, 0.3) is 5.91 Å². The zero-order valence-electron chi connectivity index (χ0n) is 10.5. The monoisotopic (exact) mass is 267 g/mol. The van der Waals surface area contributed by atoms with Gasteiger partial charge in [-0.15, -0.1) is 0 Å². The van der Waals surface area contributed by atoms with Gasteiger partial charge in [0.2, 0.25) is 5.69 Å². The molecule has 0 bridgehead atoms. The number of esters is 1. The van der Waals surface area contributed by atoms with E-state index >= 15 is 0 Å². The molecule has 0 aliphatic heterocycles. The molecule has 1 N–H and O–H groups in total. The molecule has 0 spiro atoms. The number of nitrogens with zero attached hydrogens (tertiary/aromatic N) is 2. The van der Waals surface area contributed by atoms with Crippen molar-refractivity contribution in [2.45, 2.75) is 19.9 Å². The van der Waals surface area contributed by atoms with E-state index in [1.165, 1.54) is 25.1 Å². The SMILES string of the molecule is CC(=O)OC[C@H](C)NC(=O)c1cccc([N+](=O)[O-])n1. The van der Waals surface area contributed by atoms with Crippen LogP contribution in [0.15, 0.2) is 18.2 Å². The molecule has 0 saturated heterocycles. The van der Waals surface area contributed by atoms with Crippen molar-refractivity contribution in [2.24, 2.45) is 0 Å². The van der Waals surface area contributed by atoms with Crippen LogP contribution in [0.3, 0.4) is 0 Å². The van der Waals surface area contributed by atoms with Crippen LogP contribution in [-0.2, 0) is 9.53 Å². The molecule has 1 atom stereocenters. The van der Waals surface area contributed by atoms with Gasteiger partial charge in [0.1, 0.15) is 6.61 Å². The molecule has 0 aliphatic rings. The van der Waals surface area contributed by atoms with Gasteiger partial charge in [-0.05, 0) is 29.0 Å². The first-order valence-corrected chi connectivity index (χ1v) is 5.46. The minimum atomic E-state index is -0.681. The number of hydrogen-bond donors (Lipinski definition) is 1. The van der Waals surface area contributed by atoms with E-state index in [9.17, 15) is 19.7 Å². The Kier molecular flexibility index (Phi) is 4.92. The van der Waals surface area contributed by atoms with Crippen LogP contribution in [0.1, 0.15) is 24.3 Å². The molecule has 0 radical (unpaired) electrons. The summed E-state index contributed by atoms with van der Waals surface area (Å²) < 4.78 is 4.72. The molecule has 102 valence electrons. The van der Waals surface area contributed by atoms with Gasteiger partial charge in [-0.1, -0.05) is 0 Å². The van der Waals surface area contributed by atoms with Gasteiger partial charge in [-0.2, -0.15) is 0 Å². The van der Waals surface area contributed by atoms with E-state index in [-0.39, 0.29) is 12.3 Å². The zero-order chi connectivity index (χ0) is 14.4. The van der Waals surface area contributed by atoms with Crippen LogP contribution >= 0.6 is 0 Å². The quantitative estimate of drug-likeness (QED) is 0.476. The number of aromatic nitrogens is 1. The van der Waals surface area contributed by atoms with Crippen molar-refractivity contribution in [1.29, 1.82) is 0 Å². The Balaban J connectivity index is 2.65. The van der Waals surface area contributed by atoms with Crippen LogP contribution in [0.2, 0.25) is 0 Å². The molecule has 1 rings (SSSR count). The third kappa shape index (κ3) is 4.70. The highest BCUT2D eigenvalue weighted by molar-refractivity contribution is 5.92. The Hall–Kier alpha value is -2.51. The van der Waals surface area contributed by atoms with Crippen molar-refractivity contribution in [2.75, 3.05) is 6.61 Å². The number of nitro groups is 1. The number of ether oxygens (including phenoxy) is 1. The highest BCUT2D eigenvalue weighted by Gasteiger charge is 2.18. The van der Waals surface area contributed by atoms with Crippen LogP contribution in [0, 0.1) is 10.1 Å². The zero-order valence-corrected chi connectivity index (χ0v) is 10.5. The van der Waals surface area contributed by atoms with E-state index in [0.717, 1.165) is 0 Å². The Bertz CT molecular complexity index is 503. The van der Waals surface area contributed by atoms with E-state index in [1.54, 1.807) is 6.92 Å². The van der Waals surface area contributed by atoms with E-state index in [2.05, 4.69) is 10.3 Å². The van der Waals surface area contributed by atoms with Gasteiger partial charge < -0.3 is 20.2 Å². The molecule has 0 aromatic carbocycles. The lowest BCUT2D eigenvalue weighted by atomic mass is 10.3. The van der Waals surface area contributed by atoms with Crippen molar-refractivity contribution in [3.05, 3.63) is 34.0 Å². The molecule has 8 heteroatoms. The first kappa shape index (κ1) is 14.6. The van der Waals surface area contributed by atoms with Gasteiger partial charge in [0.15, 0.2) is 0 Å². The van der Waals surface area contributed by atoms with Gasteiger partial charge in [0.05, 0.1) is 6.04 Å². The van der Waals surface area contributed by atoms with E-state index in [4.69, 9.17) is 4.74 Å². The molecule has 0 aliphatic carbocycles. The van der Waals surface area contributed by atoms with Gasteiger partial charge >= 0.3 is 11.8 Å². The number of rotatable bonds is 5. The summed E-state index contributed by atoms with van der Waals surface area (Å²) in [5, 5.41) is 13.0. The van der Waals surface area contributed by atoms with Crippen LogP contribution in [-0.4, -0.2) is 34.4 Å². The number of carbonyl (C=O) groups is 2. The summed E-state index contributed by atoms with van der Waals surface area (Å²) in [5.74, 6) is -1.42. The predicted octanol–water partition coefficient (Wildman–Crippen LogP) is 0.671. The van der Waals surface area contributed by atoms with Crippen molar-refractivity contribution in [3.63, 3.8) is 0 Å². The first-order chi connectivity index (χ1) is 8.90. The second-order valence-electron chi connectivity index (χ2n) is 3.82. The number of carbonyl (C=O) groups excluding carboxylic acids is 2.